The highest BCUT2D eigenvalue weighted by atomic mass is 32.1. The number of carbonyl (C=O) groups excluding carboxylic acids is 1. The Morgan fingerprint density at radius 2 is 2.00 bits per heavy atom. The van der Waals surface area contributed by atoms with Gasteiger partial charge < -0.3 is 0 Å². The van der Waals surface area contributed by atoms with E-state index in [-0.39, 0.29) is 5.91 Å². The van der Waals surface area contributed by atoms with E-state index in [2.05, 4.69) is 4.98 Å². The molecular weight excluding hydrogens is 268 g/mol. The van der Waals surface area contributed by atoms with Gasteiger partial charge in [0.25, 0.3) is 5.91 Å². The fraction of sp³-hybridized carbons (Fsp3) is 0.125. The maximum Gasteiger partial charge on any atom is 0.257 e. The standard InChI is InChI=1S/C16H16N2OS/c1-3-4-6-11-15(19)18(14-9-7-5-8-10-14)16-17-13(2)12-20-16/h3-12H,1-2H3. The summed E-state index contributed by atoms with van der Waals surface area (Å²) in [4.78, 5) is 18.4. The number of allylic oxidation sites excluding steroid dienone is 3. The fourth-order valence-corrected chi connectivity index (χ4v) is 2.50. The molecule has 1 heterocycles. The lowest BCUT2D eigenvalue weighted by molar-refractivity contribution is -0.113. The molecule has 4 heteroatoms. The van der Waals surface area contributed by atoms with Crippen LogP contribution < -0.4 is 4.90 Å². The zero-order valence-corrected chi connectivity index (χ0v) is 12.3. The second kappa shape index (κ2) is 6.82. The summed E-state index contributed by atoms with van der Waals surface area (Å²) in [6.45, 7) is 3.83. The van der Waals surface area contributed by atoms with Crippen molar-refractivity contribution < 1.29 is 4.79 Å². The molecule has 2 rings (SSSR count). The van der Waals surface area contributed by atoms with Crippen molar-refractivity contribution in [2.75, 3.05) is 4.90 Å². The van der Waals surface area contributed by atoms with Crippen LogP contribution in [-0.4, -0.2) is 10.9 Å². The average Bonchev–Trinajstić information content (AvgIpc) is 2.87. The number of para-hydroxylation sites is 1. The Bertz CT molecular complexity index is 629. The molecule has 0 unspecified atom stereocenters. The lowest BCUT2D eigenvalue weighted by atomic mass is 10.3. The van der Waals surface area contributed by atoms with Crippen LogP contribution in [0.25, 0.3) is 0 Å². The first-order chi connectivity index (χ1) is 9.72. The van der Waals surface area contributed by atoms with Crippen molar-refractivity contribution in [3.05, 3.63) is 65.7 Å². The Balaban J connectivity index is 2.37. The molecule has 0 aliphatic rings. The molecule has 0 saturated heterocycles. The summed E-state index contributed by atoms with van der Waals surface area (Å²) >= 11 is 1.46. The monoisotopic (exact) mass is 284 g/mol. The van der Waals surface area contributed by atoms with Crippen molar-refractivity contribution in [3.8, 4) is 0 Å². The number of carbonyl (C=O) groups is 1. The number of hydrogen-bond donors (Lipinski definition) is 0. The van der Waals surface area contributed by atoms with E-state index in [0.29, 0.717) is 5.13 Å². The van der Waals surface area contributed by atoms with Crippen molar-refractivity contribution in [2.45, 2.75) is 13.8 Å². The molecule has 0 aliphatic carbocycles. The van der Waals surface area contributed by atoms with Crippen LogP contribution in [0.2, 0.25) is 0 Å². The Kier molecular flexibility index (Phi) is 4.85. The molecule has 2 aromatic rings. The molecule has 0 radical (unpaired) electrons. The molecule has 1 amide bonds. The molecule has 0 atom stereocenters. The first kappa shape index (κ1) is 14.2. The maximum absolute atomic E-state index is 12.4. The third-order valence-electron chi connectivity index (χ3n) is 2.58. The van der Waals surface area contributed by atoms with Crippen LogP contribution in [0.4, 0.5) is 10.8 Å². The van der Waals surface area contributed by atoms with Gasteiger partial charge in [0.1, 0.15) is 0 Å². The number of aryl methyl sites for hydroxylation is 1. The van der Waals surface area contributed by atoms with Crippen LogP contribution in [0.5, 0.6) is 0 Å². The zero-order chi connectivity index (χ0) is 14.4. The highest BCUT2D eigenvalue weighted by Crippen LogP contribution is 2.28. The summed E-state index contributed by atoms with van der Waals surface area (Å²) in [5.41, 5.74) is 1.73. The molecular formula is C16H16N2OS. The van der Waals surface area contributed by atoms with Crippen LogP contribution in [0.15, 0.2) is 60.0 Å². The molecule has 0 bridgehead atoms. The third-order valence-corrected chi connectivity index (χ3v) is 3.52. The minimum Gasteiger partial charge on any atom is -0.269 e. The molecule has 0 N–H and O–H groups in total. The van der Waals surface area contributed by atoms with Gasteiger partial charge in [0.05, 0.1) is 11.4 Å². The highest BCUT2D eigenvalue weighted by molar-refractivity contribution is 7.14. The van der Waals surface area contributed by atoms with E-state index in [1.165, 1.54) is 11.3 Å². The van der Waals surface area contributed by atoms with Crippen molar-refractivity contribution in [3.63, 3.8) is 0 Å². The first-order valence-corrected chi connectivity index (χ1v) is 7.21. The molecule has 0 saturated carbocycles. The lowest BCUT2D eigenvalue weighted by Gasteiger charge is -2.18. The number of rotatable bonds is 4. The van der Waals surface area contributed by atoms with Crippen molar-refractivity contribution >= 4 is 28.1 Å². The summed E-state index contributed by atoms with van der Waals surface area (Å²) in [6, 6.07) is 9.54. The predicted molar refractivity (Wildman–Crippen MR) is 84.4 cm³/mol. The minimum atomic E-state index is -0.108. The van der Waals surface area contributed by atoms with Gasteiger partial charge in [-0.05, 0) is 26.0 Å². The summed E-state index contributed by atoms with van der Waals surface area (Å²) in [7, 11) is 0. The fourth-order valence-electron chi connectivity index (χ4n) is 1.68. The van der Waals surface area contributed by atoms with Gasteiger partial charge in [-0.1, -0.05) is 36.4 Å². The van der Waals surface area contributed by atoms with E-state index in [1.54, 1.807) is 17.1 Å². The van der Waals surface area contributed by atoms with E-state index < -0.39 is 0 Å². The smallest absolute Gasteiger partial charge is 0.257 e. The molecule has 3 nitrogen and oxygen atoms in total. The Hall–Kier alpha value is -2.20. The molecule has 102 valence electrons. The zero-order valence-electron chi connectivity index (χ0n) is 11.5. The first-order valence-electron chi connectivity index (χ1n) is 6.33. The van der Waals surface area contributed by atoms with E-state index in [4.69, 9.17) is 0 Å². The number of benzene rings is 1. The predicted octanol–water partition coefficient (Wildman–Crippen LogP) is 4.25. The van der Waals surface area contributed by atoms with Gasteiger partial charge in [0.15, 0.2) is 5.13 Å². The number of aromatic nitrogens is 1. The van der Waals surface area contributed by atoms with Crippen LogP contribution >= 0.6 is 11.3 Å². The number of anilines is 2. The summed E-state index contributed by atoms with van der Waals surface area (Å²) in [5, 5.41) is 2.62. The van der Waals surface area contributed by atoms with Gasteiger partial charge >= 0.3 is 0 Å². The van der Waals surface area contributed by atoms with Gasteiger partial charge in [0, 0.05) is 11.5 Å². The van der Waals surface area contributed by atoms with Crippen molar-refractivity contribution in [1.82, 2.24) is 4.98 Å². The molecule has 20 heavy (non-hydrogen) atoms. The second-order valence-electron chi connectivity index (χ2n) is 4.17. The van der Waals surface area contributed by atoms with E-state index >= 15 is 0 Å². The lowest BCUT2D eigenvalue weighted by Crippen LogP contribution is -2.23. The van der Waals surface area contributed by atoms with Crippen LogP contribution in [0.1, 0.15) is 12.6 Å². The number of amides is 1. The maximum atomic E-state index is 12.4. The summed E-state index contributed by atoms with van der Waals surface area (Å²) in [5.74, 6) is -0.108. The van der Waals surface area contributed by atoms with Crippen LogP contribution in [0, 0.1) is 6.92 Å². The number of nitrogens with zero attached hydrogens (tertiary/aromatic N) is 2. The Morgan fingerprint density at radius 1 is 1.25 bits per heavy atom. The van der Waals surface area contributed by atoms with Crippen molar-refractivity contribution in [2.24, 2.45) is 0 Å². The van der Waals surface area contributed by atoms with E-state index in [9.17, 15) is 4.79 Å². The molecule has 0 fully saturated rings. The highest BCUT2D eigenvalue weighted by Gasteiger charge is 2.18. The van der Waals surface area contributed by atoms with Gasteiger partial charge in [-0.3, -0.25) is 9.69 Å². The average molecular weight is 284 g/mol. The third kappa shape index (κ3) is 3.42. The number of thiazole rings is 1. The molecule has 0 spiro atoms. The Labute approximate surface area is 122 Å². The number of hydrogen-bond acceptors (Lipinski definition) is 3. The Morgan fingerprint density at radius 3 is 2.60 bits per heavy atom. The van der Waals surface area contributed by atoms with E-state index in [0.717, 1.165) is 11.4 Å². The van der Waals surface area contributed by atoms with Gasteiger partial charge in [-0.25, -0.2) is 4.98 Å². The van der Waals surface area contributed by atoms with Gasteiger partial charge in [-0.15, -0.1) is 11.3 Å². The normalized spacial score (nSPS) is 11.3. The summed E-state index contributed by atoms with van der Waals surface area (Å²) < 4.78 is 0. The quantitative estimate of drug-likeness (QED) is 0.621. The van der Waals surface area contributed by atoms with Gasteiger partial charge in [-0.2, -0.15) is 0 Å². The molecule has 1 aromatic carbocycles. The van der Waals surface area contributed by atoms with Gasteiger partial charge in [0.2, 0.25) is 0 Å². The van der Waals surface area contributed by atoms with E-state index in [1.807, 2.05) is 61.7 Å². The SMILES string of the molecule is CC=CC=CC(=O)N(c1ccccc1)c1nc(C)cs1. The largest absolute Gasteiger partial charge is 0.269 e. The second-order valence-corrected chi connectivity index (χ2v) is 5.00. The van der Waals surface area contributed by atoms with Crippen molar-refractivity contribution in [1.29, 1.82) is 0 Å². The van der Waals surface area contributed by atoms with Crippen LogP contribution in [-0.2, 0) is 4.79 Å². The topological polar surface area (TPSA) is 33.2 Å². The minimum absolute atomic E-state index is 0.108. The van der Waals surface area contributed by atoms with Crippen LogP contribution in [0.3, 0.4) is 0 Å². The molecule has 0 aliphatic heterocycles. The molecule has 1 aromatic heterocycles. The summed E-state index contributed by atoms with van der Waals surface area (Å²) in [6.07, 6.45) is 6.99.